The molecule has 7 nitrogen and oxygen atoms in total. The van der Waals surface area contributed by atoms with E-state index in [1.165, 1.54) is 0 Å². The number of hydrogen-bond acceptors (Lipinski definition) is 4. The lowest BCUT2D eigenvalue weighted by Crippen LogP contribution is -2.51. The third-order valence-corrected chi connectivity index (χ3v) is 3.26. The maximum absolute atomic E-state index is 12.3. The van der Waals surface area contributed by atoms with Crippen LogP contribution in [0, 0.1) is 0 Å². The molecule has 1 aliphatic heterocycles. The average molecular weight is 298 g/mol. The molecule has 1 saturated heterocycles. The number of rotatable bonds is 3. The second kappa shape index (κ2) is 6.54. The summed E-state index contributed by atoms with van der Waals surface area (Å²) < 4.78 is 5.42. The van der Waals surface area contributed by atoms with Gasteiger partial charge < -0.3 is 14.7 Å². The topological polar surface area (TPSA) is 98.5 Å². The van der Waals surface area contributed by atoms with Crippen molar-refractivity contribution in [2.75, 3.05) is 6.54 Å². The van der Waals surface area contributed by atoms with Crippen LogP contribution in [0.2, 0.25) is 0 Å². The van der Waals surface area contributed by atoms with Gasteiger partial charge in [0.15, 0.2) is 0 Å². The number of azide groups is 1. The number of piperidine rings is 1. The molecule has 120 valence electrons. The normalized spacial score (nSPS) is 23.4. The van der Waals surface area contributed by atoms with E-state index < -0.39 is 17.3 Å². The number of aliphatic hydroxyl groups is 1. The maximum Gasteiger partial charge on any atom is 0.410 e. The summed E-state index contributed by atoms with van der Waals surface area (Å²) in [6.07, 6.45) is 1.45. The van der Waals surface area contributed by atoms with Crippen molar-refractivity contribution < 1.29 is 14.6 Å². The molecular weight excluding hydrogens is 272 g/mol. The van der Waals surface area contributed by atoms with Gasteiger partial charge in [0.25, 0.3) is 0 Å². The smallest absolute Gasteiger partial charge is 0.410 e. The first kappa shape index (κ1) is 17.6. The molecule has 0 aromatic rings. The minimum Gasteiger partial charge on any atom is -0.444 e. The molecule has 0 aromatic heterocycles. The fourth-order valence-electron chi connectivity index (χ4n) is 2.51. The summed E-state index contributed by atoms with van der Waals surface area (Å²) in [7, 11) is 0. The first-order valence-corrected chi connectivity index (χ1v) is 7.28. The van der Waals surface area contributed by atoms with Crippen LogP contribution in [0.5, 0.6) is 0 Å². The van der Waals surface area contributed by atoms with Crippen molar-refractivity contribution in [2.24, 2.45) is 5.11 Å². The van der Waals surface area contributed by atoms with E-state index in [0.29, 0.717) is 25.8 Å². The number of carbonyl (C=O) groups is 1. The second-order valence-corrected chi connectivity index (χ2v) is 7.24. The van der Waals surface area contributed by atoms with E-state index in [0.717, 1.165) is 0 Å². The zero-order chi connectivity index (χ0) is 16.3. The monoisotopic (exact) mass is 298 g/mol. The summed E-state index contributed by atoms with van der Waals surface area (Å²) in [4.78, 5) is 16.8. The van der Waals surface area contributed by atoms with Crippen molar-refractivity contribution in [1.82, 2.24) is 4.90 Å². The van der Waals surface area contributed by atoms with Gasteiger partial charge in [0, 0.05) is 17.5 Å². The van der Waals surface area contributed by atoms with Gasteiger partial charge in [-0.25, -0.2) is 4.79 Å². The molecule has 0 aromatic carbocycles. The molecule has 0 aliphatic carbocycles. The molecule has 1 aliphatic rings. The lowest BCUT2D eigenvalue weighted by molar-refractivity contribution is -0.0120. The lowest BCUT2D eigenvalue weighted by Gasteiger charge is -2.41. The van der Waals surface area contributed by atoms with Crippen LogP contribution >= 0.6 is 0 Å². The highest BCUT2D eigenvalue weighted by atomic mass is 16.6. The molecule has 1 N–H and O–H groups in total. The van der Waals surface area contributed by atoms with Crippen LogP contribution in [0.4, 0.5) is 4.79 Å². The van der Waals surface area contributed by atoms with Gasteiger partial charge in [-0.15, -0.1) is 0 Å². The van der Waals surface area contributed by atoms with Crippen molar-refractivity contribution in [3.8, 4) is 0 Å². The quantitative estimate of drug-likeness (QED) is 0.492. The number of hydrogen-bond donors (Lipinski definition) is 1. The molecule has 0 bridgehead atoms. The summed E-state index contributed by atoms with van der Waals surface area (Å²) in [6.45, 7) is 9.21. The minimum atomic E-state index is -0.865. The zero-order valence-electron chi connectivity index (χ0n) is 13.5. The maximum atomic E-state index is 12.3. The van der Waals surface area contributed by atoms with E-state index >= 15 is 0 Å². The van der Waals surface area contributed by atoms with E-state index in [4.69, 9.17) is 10.3 Å². The predicted molar refractivity (Wildman–Crippen MR) is 79.8 cm³/mol. The average Bonchev–Trinajstić information content (AvgIpc) is 2.27. The molecule has 0 saturated carbocycles. The second-order valence-electron chi connectivity index (χ2n) is 7.24. The van der Waals surface area contributed by atoms with E-state index in [1.54, 1.807) is 18.7 Å². The Kier molecular flexibility index (Phi) is 5.48. The van der Waals surface area contributed by atoms with Crippen LogP contribution in [-0.4, -0.2) is 45.9 Å². The van der Waals surface area contributed by atoms with Crippen LogP contribution in [0.25, 0.3) is 10.4 Å². The van der Waals surface area contributed by atoms with Gasteiger partial charge in [0.2, 0.25) is 0 Å². The molecule has 0 spiro atoms. The molecular formula is C14H26N4O3. The predicted octanol–water partition coefficient (Wildman–Crippen LogP) is 3.23. The summed E-state index contributed by atoms with van der Waals surface area (Å²) in [6, 6.07) is -0.342. The van der Waals surface area contributed by atoms with Gasteiger partial charge in [-0.05, 0) is 59.4 Å². The Balaban J connectivity index is 2.86. The fraction of sp³-hybridized carbons (Fsp3) is 0.929. The Labute approximate surface area is 125 Å². The summed E-state index contributed by atoms with van der Waals surface area (Å²) in [5.74, 6) is 0. The highest BCUT2D eigenvalue weighted by Crippen LogP contribution is 2.27. The number of nitrogens with zero attached hydrogens (tertiary/aromatic N) is 4. The SMILES string of the molecule is CC(C)(O)C[C@H]1CC[C@@H](N=[N+]=[N-])CN1C(=O)OC(C)(C)C. The van der Waals surface area contributed by atoms with E-state index in [1.807, 2.05) is 20.8 Å². The number of ether oxygens (including phenoxy) is 1. The van der Waals surface area contributed by atoms with E-state index in [-0.39, 0.29) is 12.1 Å². The molecule has 1 amide bonds. The summed E-state index contributed by atoms with van der Waals surface area (Å²) >= 11 is 0. The molecule has 2 atom stereocenters. The Morgan fingerprint density at radius 2 is 2.00 bits per heavy atom. The van der Waals surface area contributed by atoms with Gasteiger partial charge in [0.05, 0.1) is 11.6 Å². The lowest BCUT2D eigenvalue weighted by atomic mass is 9.90. The zero-order valence-corrected chi connectivity index (χ0v) is 13.5. The Hall–Kier alpha value is -1.46. The largest absolute Gasteiger partial charge is 0.444 e. The number of carbonyl (C=O) groups excluding carboxylic acids is 1. The molecule has 1 heterocycles. The van der Waals surface area contributed by atoms with Crippen LogP contribution in [0.15, 0.2) is 5.11 Å². The number of amides is 1. The molecule has 0 radical (unpaired) electrons. The number of likely N-dealkylation sites (tertiary alicyclic amines) is 1. The summed E-state index contributed by atoms with van der Waals surface area (Å²) in [5, 5.41) is 13.7. The van der Waals surface area contributed by atoms with Crippen LogP contribution in [0.1, 0.15) is 53.9 Å². The van der Waals surface area contributed by atoms with Crippen molar-refractivity contribution in [2.45, 2.75) is 77.2 Å². The van der Waals surface area contributed by atoms with Crippen molar-refractivity contribution >= 4 is 6.09 Å². The highest BCUT2D eigenvalue weighted by Gasteiger charge is 2.36. The van der Waals surface area contributed by atoms with Gasteiger partial charge in [-0.1, -0.05) is 5.11 Å². The Morgan fingerprint density at radius 1 is 1.38 bits per heavy atom. The van der Waals surface area contributed by atoms with Crippen molar-refractivity contribution in [3.63, 3.8) is 0 Å². The molecule has 7 heteroatoms. The van der Waals surface area contributed by atoms with Crippen LogP contribution in [-0.2, 0) is 4.74 Å². The van der Waals surface area contributed by atoms with Gasteiger partial charge in [-0.3, -0.25) is 0 Å². The molecule has 1 fully saturated rings. The standard InChI is InChI=1S/C14H26N4O3/c1-13(2,3)21-12(19)18-9-10(16-17-15)6-7-11(18)8-14(4,5)20/h10-11,20H,6-9H2,1-5H3/t10-,11-/m1/s1. The van der Waals surface area contributed by atoms with Gasteiger partial charge >= 0.3 is 6.09 Å². The molecule has 21 heavy (non-hydrogen) atoms. The summed E-state index contributed by atoms with van der Waals surface area (Å²) in [5.41, 5.74) is 7.12. The van der Waals surface area contributed by atoms with Crippen molar-refractivity contribution in [3.05, 3.63) is 10.4 Å². The van der Waals surface area contributed by atoms with Crippen molar-refractivity contribution in [1.29, 1.82) is 0 Å². The first-order valence-electron chi connectivity index (χ1n) is 7.28. The molecule has 0 unspecified atom stereocenters. The van der Waals surface area contributed by atoms with Gasteiger partial charge in [0.1, 0.15) is 5.60 Å². The van der Waals surface area contributed by atoms with Gasteiger partial charge in [-0.2, -0.15) is 0 Å². The fourth-order valence-corrected chi connectivity index (χ4v) is 2.51. The Bertz CT molecular complexity index is 419. The van der Waals surface area contributed by atoms with Crippen LogP contribution in [0.3, 0.4) is 0 Å². The molecule has 1 rings (SSSR count). The third-order valence-electron chi connectivity index (χ3n) is 3.26. The third kappa shape index (κ3) is 6.23. The van der Waals surface area contributed by atoms with Crippen LogP contribution < -0.4 is 0 Å². The first-order chi connectivity index (χ1) is 9.52. The highest BCUT2D eigenvalue weighted by molar-refractivity contribution is 5.68. The van der Waals surface area contributed by atoms with E-state index in [9.17, 15) is 9.90 Å². The van der Waals surface area contributed by atoms with E-state index in [2.05, 4.69) is 10.0 Å². The Morgan fingerprint density at radius 3 is 2.48 bits per heavy atom. The minimum absolute atomic E-state index is 0.106.